The van der Waals surface area contributed by atoms with Crippen LogP contribution in [0, 0.1) is 6.92 Å². The molecule has 1 N–H and O–H groups in total. The van der Waals surface area contributed by atoms with Crippen LogP contribution in [-0.2, 0) is 11.3 Å². The number of carbonyl (C=O) groups excluding carboxylic acids is 1. The third-order valence-corrected chi connectivity index (χ3v) is 4.29. The van der Waals surface area contributed by atoms with Crippen molar-refractivity contribution in [2.75, 3.05) is 11.9 Å². The van der Waals surface area contributed by atoms with Gasteiger partial charge in [-0.1, -0.05) is 23.4 Å². The SMILES string of the molecule is CCOCc1nc(-c2ccc(C)c(NC(=O)c3cnc4ccccn34)c2)no1. The van der Waals surface area contributed by atoms with Crippen molar-refractivity contribution >= 4 is 17.2 Å². The molecular formula is C20H19N5O3. The number of nitrogens with one attached hydrogen (secondary N) is 1. The van der Waals surface area contributed by atoms with E-state index in [2.05, 4.69) is 20.4 Å². The molecule has 28 heavy (non-hydrogen) atoms. The van der Waals surface area contributed by atoms with Crippen molar-refractivity contribution in [3.8, 4) is 11.4 Å². The first-order valence-electron chi connectivity index (χ1n) is 8.90. The number of hydrogen-bond donors (Lipinski definition) is 1. The molecule has 3 heterocycles. The van der Waals surface area contributed by atoms with Gasteiger partial charge in [0.2, 0.25) is 5.82 Å². The summed E-state index contributed by atoms with van der Waals surface area (Å²) >= 11 is 0. The summed E-state index contributed by atoms with van der Waals surface area (Å²) in [6.45, 7) is 4.66. The Hall–Kier alpha value is -3.52. The number of hydrogen-bond acceptors (Lipinski definition) is 6. The summed E-state index contributed by atoms with van der Waals surface area (Å²) in [5, 5.41) is 6.93. The molecule has 0 unspecified atom stereocenters. The lowest BCUT2D eigenvalue weighted by Gasteiger charge is -2.09. The van der Waals surface area contributed by atoms with Crippen LogP contribution < -0.4 is 5.32 Å². The quantitative estimate of drug-likeness (QED) is 0.553. The van der Waals surface area contributed by atoms with Crippen LogP contribution in [0.4, 0.5) is 5.69 Å². The highest BCUT2D eigenvalue weighted by atomic mass is 16.5. The third-order valence-electron chi connectivity index (χ3n) is 4.29. The maximum atomic E-state index is 12.8. The van der Waals surface area contributed by atoms with E-state index < -0.39 is 0 Å². The van der Waals surface area contributed by atoms with Gasteiger partial charge in [0.15, 0.2) is 0 Å². The molecule has 8 nitrogen and oxygen atoms in total. The van der Waals surface area contributed by atoms with Crippen LogP contribution in [0.15, 0.2) is 53.3 Å². The van der Waals surface area contributed by atoms with Crippen molar-refractivity contribution < 1.29 is 14.1 Å². The number of amides is 1. The van der Waals surface area contributed by atoms with Gasteiger partial charge in [-0.2, -0.15) is 4.98 Å². The Morgan fingerprint density at radius 2 is 2.18 bits per heavy atom. The molecule has 0 saturated carbocycles. The first-order chi connectivity index (χ1) is 13.7. The normalized spacial score (nSPS) is 11.1. The Morgan fingerprint density at radius 3 is 3.04 bits per heavy atom. The molecule has 0 radical (unpaired) electrons. The smallest absolute Gasteiger partial charge is 0.274 e. The van der Waals surface area contributed by atoms with Gasteiger partial charge in [-0.15, -0.1) is 0 Å². The summed E-state index contributed by atoms with van der Waals surface area (Å²) < 4.78 is 12.2. The third kappa shape index (κ3) is 3.49. The number of ether oxygens (including phenoxy) is 1. The first-order valence-corrected chi connectivity index (χ1v) is 8.90. The largest absolute Gasteiger partial charge is 0.372 e. The summed E-state index contributed by atoms with van der Waals surface area (Å²) in [4.78, 5) is 21.4. The number of pyridine rings is 1. The highest BCUT2D eigenvalue weighted by Crippen LogP contribution is 2.24. The molecule has 0 aliphatic rings. The van der Waals surface area contributed by atoms with Crippen LogP contribution in [-0.4, -0.2) is 32.0 Å². The van der Waals surface area contributed by atoms with Gasteiger partial charge in [0, 0.05) is 24.1 Å². The highest BCUT2D eigenvalue weighted by molar-refractivity contribution is 6.04. The second-order valence-electron chi connectivity index (χ2n) is 6.20. The molecule has 0 aliphatic heterocycles. The number of imidazole rings is 1. The van der Waals surface area contributed by atoms with Gasteiger partial charge in [-0.3, -0.25) is 9.20 Å². The highest BCUT2D eigenvalue weighted by Gasteiger charge is 2.15. The van der Waals surface area contributed by atoms with Gasteiger partial charge in [0.05, 0.1) is 6.20 Å². The van der Waals surface area contributed by atoms with Crippen molar-refractivity contribution in [3.05, 3.63) is 65.9 Å². The van der Waals surface area contributed by atoms with E-state index in [1.54, 1.807) is 16.8 Å². The maximum absolute atomic E-state index is 12.8. The molecule has 8 heteroatoms. The molecule has 0 fully saturated rings. The monoisotopic (exact) mass is 377 g/mol. The zero-order valence-corrected chi connectivity index (χ0v) is 15.5. The van der Waals surface area contributed by atoms with Gasteiger partial charge in [0.1, 0.15) is 17.9 Å². The van der Waals surface area contributed by atoms with E-state index in [-0.39, 0.29) is 12.5 Å². The molecule has 1 aromatic carbocycles. The Balaban J connectivity index is 1.59. The Labute approximate surface area is 161 Å². The number of fused-ring (bicyclic) bond motifs is 1. The standard InChI is InChI=1S/C20H19N5O3/c1-3-27-12-18-23-19(24-28-18)14-8-7-13(2)15(10-14)22-20(26)16-11-21-17-6-4-5-9-25(16)17/h4-11H,3,12H2,1-2H3,(H,22,26). The zero-order chi connectivity index (χ0) is 19.5. The maximum Gasteiger partial charge on any atom is 0.274 e. The van der Waals surface area contributed by atoms with Crippen molar-refractivity contribution in [2.45, 2.75) is 20.5 Å². The Morgan fingerprint density at radius 1 is 1.29 bits per heavy atom. The van der Waals surface area contributed by atoms with Gasteiger partial charge in [-0.25, -0.2) is 4.98 Å². The van der Waals surface area contributed by atoms with E-state index in [0.29, 0.717) is 35.4 Å². The molecule has 0 spiro atoms. The lowest BCUT2D eigenvalue weighted by molar-refractivity contribution is 0.102. The number of carbonyl (C=O) groups is 1. The molecule has 0 atom stereocenters. The van der Waals surface area contributed by atoms with E-state index in [0.717, 1.165) is 11.1 Å². The lowest BCUT2D eigenvalue weighted by atomic mass is 10.1. The van der Waals surface area contributed by atoms with E-state index in [1.165, 1.54) is 0 Å². The summed E-state index contributed by atoms with van der Waals surface area (Å²) in [7, 11) is 0. The van der Waals surface area contributed by atoms with Crippen LogP contribution in [0.2, 0.25) is 0 Å². The van der Waals surface area contributed by atoms with Crippen LogP contribution in [0.1, 0.15) is 28.9 Å². The molecular weight excluding hydrogens is 358 g/mol. The van der Waals surface area contributed by atoms with Crippen molar-refractivity contribution in [2.24, 2.45) is 0 Å². The fourth-order valence-corrected chi connectivity index (χ4v) is 2.80. The molecule has 4 rings (SSSR count). The van der Waals surface area contributed by atoms with Gasteiger partial charge >= 0.3 is 0 Å². The number of anilines is 1. The fourth-order valence-electron chi connectivity index (χ4n) is 2.80. The molecule has 1 amide bonds. The number of benzene rings is 1. The topological polar surface area (TPSA) is 94.5 Å². The van der Waals surface area contributed by atoms with Gasteiger partial charge < -0.3 is 14.6 Å². The van der Waals surface area contributed by atoms with Crippen LogP contribution in [0.25, 0.3) is 17.0 Å². The molecule has 3 aromatic heterocycles. The number of rotatable bonds is 6. The molecule has 0 saturated heterocycles. The van der Waals surface area contributed by atoms with Crippen LogP contribution in [0.5, 0.6) is 0 Å². The Bertz CT molecular complexity index is 1130. The van der Waals surface area contributed by atoms with E-state index in [4.69, 9.17) is 9.26 Å². The molecule has 142 valence electrons. The van der Waals surface area contributed by atoms with Crippen LogP contribution >= 0.6 is 0 Å². The number of aryl methyl sites for hydroxylation is 1. The predicted octanol–water partition coefficient (Wildman–Crippen LogP) is 3.48. The van der Waals surface area contributed by atoms with E-state index in [1.807, 2.05) is 50.2 Å². The zero-order valence-electron chi connectivity index (χ0n) is 15.5. The number of nitrogens with zero attached hydrogens (tertiary/aromatic N) is 4. The molecule has 4 aromatic rings. The summed E-state index contributed by atoms with van der Waals surface area (Å²) in [5.74, 6) is 0.609. The van der Waals surface area contributed by atoms with Crippen molar-refractivity contribution in [1.82, 2.24) is 19.5 Å². The minimum Gasteiger partial charge on any atom is -0.372 e. The summed E-state index contributed by atoms with van der Waals surface area (Å²) in [5.41, 5.74) is 3.50. The predicted molar refractivity (Wildman–Crippen MR) is 103 cm³/mol. The summed E-state index contributed by atoms with van der Waals surface area (Å²) in [6.07, 6.45) is 3.36. The average molecular weight is 377 g/mol. The van der Waals surface area contributed by atoms with Crippen LogP contribution in [0.3, 0.4) is 0 Å². The minimum absolute atomic E-state index is 0.246. The second-order valence-corrected chi connectivity index (χ2v) is 6.20. The lowest BCUT2D eigenvalue weighted by Crippen LogP contribution is -2.15. The minimum atomic E-state index is -0.246. The molecule has 0 aliphatic carbocycles. The average Bonchev–Trinajstić information content (AvgIpc) is 3.35. The molecule has 0 bridgehead atoms. The summed E-state index contributed by atoms with van der Waals surface area (Å²) in [6, 6.07) is 11.2. The fraction of sp³-hybridized carbons (Fsp3) is 0.200. The van der Waals surface area contributed by atoms with Crippen molar-refractivity contribution in [1.29, 1.82) is 0 Å². The number of aromatic nitrogens is 4. The van der Waals surface area contributed by atoms with Gasteiger partial charge in [-0.05, 0) is 37.6 Å². The van der Waals surface area contributed by atoms with Crippen molar-refractivity contribution in [3.63, 3.8) is 0 Å². The Kier molecular flexibility index (Phi) is 4.86. The van der Waals surface area contributed by atoms with Gasteiger partial charge in [0.25, 0.3) is 11.8 Å². The first kappa shape index (κ1) is 17.9. The van der Waals surface area contributed by atoms with E-state index >= 15 is 0 Å². The van der Waals surface area contributed by atoms with E-state index in [9.17, 15) is 4.79 Å². The second kappa shape index (κ2) is 7.61.